The van der Waals surface area contributed by atoms with Crippen LogP contribution in [-0.4, -0.2) is 9.13 Å². The van der Waals surface area contributed by atoms with Crippen LogP contribution in [0.3, 0.4) is 0 Å². The summed E-state index contributed by atoms with van der Waals surface area (Å²) in [6.45, 7) is 0. The van der Waals surface area contributed by atoms with Gasteiger partial charge in [0.1, 0.15) is 23.0 Å². The Labute approximate surface area is 734 Å². The summed E-state index contributed by atoms with van der Waals surface area (Å²) in [4.78, 5) is 4.87. The van der Waals surface area contributed by atoms with Gasteiger partial charge in [0.15, 0.2) is 0 Å². The molecule has 0 bridgehead atoms. The molecule has 0 saturated heterocycles. The number of ether oxygens (including phenoxy) is 2. The maximum absolute atomic E-state index is 6.77. The van der Waals surface area contributed by atoms with Gasteiger partial charge in [-0.25, -0.2) is 0 Å². The number of hydrogen-bond acceptors (Lipinski definition) is 6. The molecule has 24 aromatic rings. The summed E-state index contributed by atoms with van der Waals surface area (Å²) in [6, 6.07) is 161. The van der Waals surface area contributed by atoms with E-state index in [1.165, 1.54) is 150 Å². The van der Waals surface area contributed by atoms with Crippen LogP contribution in [0.15, 0.2) is 437 Å². The van der Waals surface area contributed by atoms with Crippen molar-refractivity contribution in [1.29, 1.82) is 0 Å². The van der Waals surface area contributed by atoms with Crippen LogP contribution < -0.4 is 19.3 Å². The first-order valence-corrected chi connectivity index (χ1v) is 44.8. The first-order valence-electron chi connectivity index (χ1n) is 43.2. The second kappa shape index (κ2) is 27.3. The van der Waals surface area contributed by atoms with Gasteiger partial charge in [-0.1, -0.05) is 285 Å². The van der Waals surface area contributed by atoms with Gasteiger partial charge in [0.05, 0.1) is 38.6 Å². The van der Waals surface area contributed by atoms with Crippen LogP contribution in [0, 0.1) is 0 Å². The molecule has 0 unspecified atom stereocenters. The molecule has 0 amide bonds. The standard InChI is InChI=1S/2C59H36N2OS/c1-2-17-38(18-3-1)60(40-32-34-43-42-19-4-8-25-50(42)61(52(43)36-40)51-26-14-30-56-58(51)45-20-5-11-29-55(45)63-56)39-31-33-41-44-21-12-15-37-16-13-24-48(57(37)44)59(49(41)35-39)46-22-6-9-27-53(46)62-54-28-10-7-23-47(54)59;1-2-16-38(17-3-1)60(41-29-32-44-43-18-4-8-24-52(43)61(53(44)36-41)39-30-33-57-47(34-39)45-19-5-11-27-56(45)63-57)40-28-31-42-46-20-12-14-37-15-13-23-50(58(37)46)59(51(42)35-40)48-21-6-9-25-54(48)62-55-26-10-7-22-49(55)59/h2*1-36H. The molecule has 6 heterocycles. The average molecular weight is 1640 g/mol. The summed E-state index contributed by atoms with van der Waals surface area (Å²) in [5, 5.41) is 15.2. The summed E-state index contributed by atoms with van der Waals surface area (Å²) in [5.74, 6) is 3.54. The van der Waals surface area contributed by atoms with Crippen molar-refractivity contribution in [2.75, 3.05) is 9.80 Å². The van der Waals surface area contributed by atoms with Crippen molar-refractivity contribution >= 4 is 162 Å². The van der Waals surface area contributed by atoms with Crippen molar-refractivity contribution in [1.82, 2.24) is 9.13 Å². The van der Waals surface area contributed by atoms with E-state index in [1.807, 2.05) is 22.7 Å². The smallest absolute Gasteiger partial charge is 0.132 e. The molecule has 8 heteroatoms. The van der Waals surface area contributed by atoms with Crippen LogP contribution in [-0.2, 0) is 10.8 Å². The summed E-state index contributed by atoms with van der Waals surface area (Å²) in [5.41, 5.74) is 26.9. The number of aromatic nitrogens is 2. The van der Waals surface area contributed by atoms with Gasteiger partial charge < -0.3 is 28.4 Å². The van der Waals surface area contributed by atoms with E-state index in [4.69, 9.17) is 9.47 Å². The number of benzene rings is 20. The predicted octanol–water partition coefficient (Wildman–Crippen LogP) is 32.5. The minimum atomic E-state index is -0.647. The van der Waals surface area contributed by atoms with Gasteiger partial charge in [0, 0.05) is 124 Å². The SMILES string of the molecule is c1ccc(N(c2ccc3c(c2)C2(c4ccccc4Oc4ccccc42)c2cccc4cccc-3c24)c2ccc3c4ccccc4n(-c4ccc5sc6ccccc6c5c4)c3c2)cc1.c1ccc(N(c2ccc3c(c2)C2(c4ccccc4Oc4ccccc42)c2cccc4cccc-3c24)c2ccc3c4ccccc4n(-c4cccc5sc6ccccc6c45)c3c2)cc1. The number of para-hydroxylation sites is 8. The second-order valence-corrected chi connectivity index (χ2v) is 35.7. The maximum Gasteiger partial charge on any atom is 0.132 e. The highest BCUT2D eigenvalue weighted by Gasteiger charge is 2.52. The Kier molecular flexibility index (Phi) is 15.4. The van der Waals surface area contributed by atoms with Crippen LogP contribution in [0.4, 0.5) is 34.1 Å². The van der Waals surface area contributed by atoms with Gasteiger partial charge >= 0.3 is 0 Å². The van der Waals surface area contributed by atoms with Crippen molar-refractivity contribution in [3.05, 3.63) is 481 Å². The summed E-state index contributed by atoms with van der Waals surface area (Å²) in [7, 11) is 0. The molecule has 0 fully saturated rings. The van der Waals surface area contributed by atoms with E-state index < -0.39 is 10.8 Å². The van der Waals surface area contributed by atoms with Gasteiger partial charge in [-0.2, -0.15) is 0 Å². The number of nitrogens with zero attached hydrogens (tertiary/aromatic N) is 4. The minimum Gasteiger partial charge on any atom is -0.457 e. The Hall–Kier alpha value is -15.8. The molecule has 20 aromatic carbocycles. The van der Waals surface area contributed by atoms with E-state index in [1.54, 1.807) is 0 Å². The Balaban J connectivity index is 0.000000131. The zero-order valence-electron chi connectivity index (χ0n) is 68.0. The molecule has 28 rings (SSSR count). The monoisotopic (exact) mass is 1640 g/mol. The fourth-order valence-corrected chi connectivity index (χ4v) is 24.4. The lowest BCUT2D eigenvalue weighted by Gasteiger charge is -2.45. The highest BCUT2D eigenvalue weighted by atomic mass is 32.1. The van der Waals surface area contributed by atoms with E-state index in [9.17, 15) is 0 Å². The highest BCUT2D eigenvalue weighted by molar-refractivity contribution is 7.26. The molecule has 0 saturated carbocycles. The summed E-state index contributed by atoms with van der Waals surface area (Å²) in [6.07, 6.45) is 0. The zero-order valence-corrected chi connectivity index (χ0v) is 69.6. The van der Waals surface area contributed by atoms with Crippen LogP contribution >= 0.6 is 22.7 Å². The first kappa shape index (κ1) is 70.8. The number of thiophene rings is 2. The number of rotatable bonds is 8. The fourth-order valence-electron chi connectivity index (χ4n) is 22.2. The van der Waals surface area contributed by atoms with Crippen molar-refractivity contribution in [3.8, 4) is 56.6 Å². The molecule has 2 aliphatic heterocycles. The lowest BCUT2D eigenvalue weighted by molar-refractivity contribution is 0.435. The van der Waals surface area contributed by atoms with Crippen molar-refractivity contribution < 1.29 is 9.47 Å². The molecule has 126 heavy (non-hydrogen) atoms. The zero-order chi connectivity index (χ0) is 82.5. The van der Waals surface area contributed by atoms with Crippen molar-refractivity contribution in [3.63, 3.8) is 0 Å². The Bertz CT molecular complexity index is 8630. The van der Waals surface area contributed by atoms with Crippen molar-refractivity contribution in [2.24, 2.45) is 0 Å². The van der Waals surface area contributed by atoms with Gasteiger partial charge in [0.25, 0.3) is 0 Å². The third-order valence-electron chi connectivity index (χ3n) is 27.2. The molecular weight excluding hydrogens is 1570 g/mol. The molecule has 0 radical (unpaired) electrons. The Morgan fingerprint density at radius 2 is 0.579 bits per heavy atom. The quantitative estimate of drug-likeness (QED) is 0.152. The molecule has 4 aliphatic rings. The Morgan fingerprint density at radius 3 is 1.10 bits per heavy atom. The molecule has 588 valence electrons. The third kappa shape index (κ3) is 10.1. The number of anilines is 6. The van der Waals surface area contributed by atoms with E-state index in [0.717, 1.165) is 90.6 Å². The summed E-state index contributed by atoms with van der Waals surface area (Å²) < 4.78 is 23.7. The highest BCUT2D eigenvalue weighted by Crippen LogP contribution is 2.65. The van der Waals surface area contributed by atoms with Gasteiger partial charge in [-0.3, -0.25) is 0 Å². The Morgan fingerprint density at radius 1 is 0.206 bits per heavy atom. The normalized spacial score (nSPS) is 13.3. The number of hydrogen-bond donors (Lipinski definition) is 0. The lowest BCUT2D eigenvalue weighted by Crippen LogP contribution is -2.36. The largest absolute Gasteiger partial charge is 0.457 e. The summed E-state index contributed by atoms with van der Waals surface area (Å²) >= 11 is 3.72. The van der Waals surface area contributed by atoms with Gasteiger partial charge in [0.2, 0.25) is 0 Å². The lowest BCUT2D eigenvalue weighted by atomic mass is 9.58. The second-order valence-electron chi connectivity index (χ2n) is 33.5. The maximum atomic E-state index is 6.77. The van der Waals surface area contributed by atoms with E-state index >= 15 is 0 Å². The van der Waals surface area contributed by atoms with Crippen LogP contribution in [0.1, 0.15) is 44.5 Å². The van der Waals surface area contributed by atoms with Crippen molar-refractivity contribution in [2.45, 2.75) is 10.8 Å². The van der Waals surface area contributed by atoms with Crippen LogP contribution in [0.5, 0.6) is 23.0 Å². The van der Waals surface area contributed by atoms with Crippen LogP contribution in [0.25, 0.3) is 139 Å². The molecule has 0 N–H and O–H groups in total. The average Bonchev–Trinajstić information content (AvgIpc) is 0.943. The van der Waals surface area contributed by atoms with Crippen LogP contribution in [0.2, 0.25) is 0 Å². The van der Waals surface area contributed by atoms with E-state index in [2.05, 4.69) is 456 Å². The third-order valence-corrected chi connectivity index (χ3v) is 29.5. The van der Waals surface area contributed by atoms with Gasteiger partial charge in [-0.05, 0) is 218 Å². The molecule has 4 aromatic heterocycles. The van der Waals surface area contributed by atoms with E-state index in [0.29, 0.717) is 0 Å². The molecule has 0 atom stereocenters. The minimum absolute atomic E-state index is 0.645. The molecular formula is C118H72N4O2S2. The van der Waals surface area contributed by atoms with E-state index in [-0.39, 0.29) is 0 Å². The first-order chi connectivity index (χ1) is 62.5. The predicted molar refractivity (Wildman–Crippen MR) is 526 cm³/mol. The number of fused-ring (bicyclic) bond motifs is 28. The molecule has 2 aliphatic carbocycles. The van der Waals surface area contributed by atoms with Gasteiger partial charge in [-0.15, -0.1) is 22.7 Å². The topological polar surface area (TPSA) is 34.8 Å². The fraction of sp³-hybridized carbons (Fsp3) is 0.0169. The molecule has 2 spiro atoms. The molecule has 6 nitrogen and oxygen atoms in total.